The Balaban J connectivity index is 1.38. The number of nitrogens with zero attached hydrogens (tertiary/aromatic N) is 1. The van der Waals surface area contributed by atoms with E-state index < -0.39 is 11.9 Å². The second-order valence-electron chi connectivity index (χ2n) is 7.24. The predicted molar refractivity (Wildman–Crippen MR) is 120 cm³/mol. The van der Waals surface area contributed by atoms with E-state index >= 15 is 0 Å². The molecule has 0 spiro atoms. The van der Waals surface area contributed by atoms with Gasteiger partial charge in [0.1, 0.15) is 13.2 Å². The molecule has 3 rings (SSSR count). The van der Waals surface area contributed by atoms with Crippen LogP contribution in [0.4, 0.5) is 10.5 Å². The van der Waals surface area contributed by atoms with Gasteiger partial charge in [0.2, 0.25) is 11.8 Å². The van der Waals surface area contributed by atoms with Crippen molar-refractivity contribution < 1.29 is 23.9 Å². The van der Waals surface area contributed by atoms with E-state index in [-0.39, 0.29) is 18.9 Å². The summed E-state index contributed by atoms with van der Waals surface area (Å²) in [6.45, 7) is 4.28. The summed E-state index contributed by atoms with van der Waals surface area (Å²) < 4.78 is 11.0. The van der Waals surface area contributed by atoms with Crippen LogP contribution in [0, 0.1) is 0 Å². The summed E-state index contributed by atoms with van der Waals surface area (Å²) in [5.74, 6) is 0.651. The molecular formula is C23H28N4O5. The summed E-state index contributed by atoms with van der Waals surface area (Å²) in [6, 6.07) is 14.1. The number of ether oxygens (including phenoxy) is 2. The van der Waals surface area contributed by atoms with Gasteiger partial charge in [-0.3, -0.25) is 19.8 Å². The molecule has 0 fully saturated rings. The van der Waals surface area contributed by atoms with Crippen LogP contribution in [0.5, 0.6) is 11.5 Å². The van der Waals surface area contributed by atoms with Gasteiger partial charge >= 0.3 is 6.03 Å². The van der Waals surface area contributed by atoms with E-state index in [1.54, 1.807) is 18.2 Å². The van der Waals surface area contributed by atoms with Crippen molar-refractivity contribution in [1.29, 1.82) is 0 Å². The van der Waals surface area contributed by atoms with Crippen LogP contribution in [0.3, 0.4) is 0 Å². The Hall–Kier alpha value is -3.59. The lowest BCUT2D eigenvalue weighted by Gasteiger charge is -2.21. The van der Waals surface area contributed by atoms with Gasteiger partial charge in [-0.15, -0.1) is 0 Å². The first-order chi connectivity index (χ1) is 15.5. The zero-order chi connectivity index (χ0) is 22.8. The first kappa shape index (κ1) is 23.1. The molecule has 0 saturated heterocycles. The number of anilines is 1. The third-order valence-electron chi connectivity index (χ3n) is 4.84. The number of benzene rings is 2. The van der Waals surface area contributed by atoms with Crippen LogP contribution < -0.4 is 25.4 Å². The molecule has 0 aliphatic carbocycles. The molecule has 2 aromatic rings. The molecule has 1 aliphatic heterocycles. The number of hydrogen-bond donors (Lipinski definition) is 3. The average molecular weight is 441 g/mol. The van der Waals surface area contributed by atoms with Crippen LogP contribution in [0.1, 0.15) is 18.9 Å². The zero-order valence-electron chi connectivity index (χ0n) is 18.1. The number of nitrogens with one attached hydrogen (secondary N) is 3. The highest BCUT2D eigenvalue weighted by molar-refractivity contribution is 5.94. The molecule has 0 saturated carbocycles. The number of carbonyl (C=O) groups is 3. The molecule has 0 bridgehead atoms. The van der Waals surface area contributed by atoms with Crippen LogP contribution in [0.25, 0.3) is 0 Å². The minimum Gasteiger partial charge on any atom is -0.486 e. The lowest BCUT2D eigenvalue weighted by atomic mass is 10.2. The highest BCUT2D eigenvalue weighted by Gasteiger charge is 2.15. The Morgan fingerprint density at radius 1 is 0.969 bits per heavy atom. The molecule has 1 heterocycles. The van der Waals surface area contributed by atoms with Crippen molar-refractivity contribution in [1.82, 2.24) is 15.5 Å². The monoisotopic (exact) mass is 440 g/mol. The largest absolute Gasteiger partial charge is 0.486 e. The first-order valence-corrected chi connectivity index (χ1v) is 10.6. The molecule has 1 aliphatic rings. The van der Waals surface area contributed by atoms with E-state index in [1.165, 1.54) is 0 Å². The Bertz CT molecular complexity index is 935. The van der Waals surface area contributed by atoms with Gasteiger partial charge in [-0.2, -0.15) is 0 Å². The molecule has 4 amide bonds. The molecule has 0 aromatic heterocycles. The lowest BCUT2D eigenvalue weighted by molar-refractivity contribution is -0.121. The highest BCUT2D eigenvalue weighted by Crippen LogP contribution is 2.32. The fourth-order valence-corrected chi connectivity index (χ4v) is 3.14. The maximum atomic E-state index is 12.4. The summed E-state index contributed by atoms with van der Waals surface area (Å²) in [6.07, 6.45) is 0.101. The van der Waals surface area contributed by atoms with Gasteiger partial charge in [-0.25, -0.2) is 4.79 Å². The Kier molecular flexibility index (Phi) is 8.44. The maximum absolute atomic E-state index is 12.4. The third kappa shape index (κ3) is 7.28. The summed E-state index contributed by atoms with van der Waals surface area (Å²) >= 11 is 0. The van der Waals surface area contributed by atoms with Gasteiger partial charge in [0.25, 0.3) is 0 Å². The molecule has 3 N–H and O–H groups in total. The molecule has 0 radical (unpaired) electrons. The van der Waals surface area contributed by atoms with E-state index in [1.807, 2.05) is 42.2 Å². The topological polar surface area (TPSA) is 109 Å². The van der Waals surface area contributed by atoms with Crippen LogP contribution in [0.2, 0.25) is 0 Å². The molecule has 0 atom stereocenters. The minimum atomic E-state index is -0.543. The van der Waals surface area contributed by atoms with Crippen molar-refractivity contribution >= 4 is 23.5 Å². The van der Waals surface area contributed by atoms with Crippen LogP contribution in [-0.4, -0.2) is 55.6 Å². The minimum absolute atomic E-state index is 0.101. The molecule has 170 valence electrons. The summed E-state index contributed by atoms with van der Waals surface area (Å²) in [7, 11) is 0. The van der Waals surface area contributed by atoms with E-state index in [9.17, 15) is 14.4 Å². The van der Waals surface area contributed by atoms with E-state index in [2.05, 4.69) is 16.0 Å². The maximum Gasteiger partial charge on any atom is 0.321 e. The number of hydrogen-bond acceptors (Lipinski definition) is 6. The normalized spacial score (nSPS) is 12.2. The van der Waals surface area contributed by atoms with Gasteiger partial charge in [0.15, 0.2) is 11.5 Å². The third-order valence-corrected chi connectivity index (χ3v) is 4.84. The van der Waals surface area contributed by atoms with Gasteiger partial charge in [-0.1, -0.05) is 37.3 Å². The summed E-state index contributed by atoms with van der Waals surface area (Å²) in [4.78, 5) is 38.2. The van der Waals surface area contributed by atoms with Crippen molar-refractivity contribution in [2.75, 3.05) is 38.2 Å². The quantitative estimate of drug-likeness (QED) is 0.551. The second-order valence-corrected chi connectivity index (χ2v) is 7.24. The van der Waals surface area contributed by atoms with Crippen LogP contribution >= 0.6 is 0 Å². The number of likely N-dealkylation sites (N-methyl/N-ethyl adjacent to an activating group) is 1. The number of fused-ring (bicyclic) bond motifs is 1. The Morgan fingerprint density at radius 3 is 2.47 bits per heavy atom. The number of urea groups is 1. The SMILES string of the molecule is CCN(CCC(=O)NC(=O)NCc1ccccc1)CC(=O)Nc1ccc2c(c1)OCCO2. The second kappa shape index (κ2) is 11.7. The van der Waals surface area contributed by atoms with Crippen LogP contribution in [0.15, 0.2) is 48.5 Å². The standard InChI is InChI=1S/C23H28N4O5/c1-2-27(11-10-21(28)26-23(30)24-15-17-6-4-3-5-7-17)16-22(29)25-18-8-9-19-20(14-18)32-13-12-31-19/h3-9,14H,2,10-13,15-16H2,1H3,(H,25,29)(H2,24,26,28,30). The highest BCUT2D eigenvalue weighted by atomic mass is 16.6. The molecule has 0 unspecified atom stereocenters. The van der Waals surface area contributed by atoms with Crippen molar-refractivity contribution in [2.24, 2.45) is 0 Å². The fourth-order valence-electron chi connectivity index (χ4n) is 3.14. The van der Waals surface area contributed by atoms with Crippen LogP contribution in [-0.2, 0) is 16.1 Å². The summed E-state index contributed by atoms with van der Waals surface area (Å²) in [5, 5.41) is 7.78. The van der Waals surface area contributed by atoms with Crippen molar-refractivity contribution in [2.45, 2.75) is 19.9 Å². The summed E-state index contributed by atoms with van der Waals surface area (Å²) in [5.41, 5.74) is 1.56. The first-order valence-electron chi connectivity index (χ1n) is 10.6. The van der Waals surface area contributed by atoms with Gasteiger partial charge in [0.05, 0.1) is 6.54 Å². The van der Waals surface area contributed by atoms with Gasteiger partial charge in [-0.05, 0) is 24.2 Å². The lowest BCUT2D eigenvalue weighted by Crippen LogP contribution is -2.41. The number of amides is 4. The van der Waals surface area contributed by atoms with Gasteiger partial charge in [0, 0.05) is 31.3 Å². The number of rotatable bonds is 9. The van der Waals surface area contributed by atoms with E-state index in [0.717, 1.165) is 5.56 Å². The number of imide groups is 1. The molecule has 9 heteroatoms. The fraction of sp³-hybridized carbons (Fsp3) is 0.348. The van der Waals surface area contributed by atoms with Crippen molar-refractivity contribution in [3.05, 3.63) is 54.1 Å². The van der Waals surface area contributed by atoms with Crippen molar-refractivity contribution in [3.63, 3.8) is 0 Å². The van der Waals surface area contributed by atoms with Crippen molar-refractivity contribution in [3.8, 4) is 11.5 Å². The number of carbonyl (C=O) groups excluding carboxylic acids is 3. The molecule has 2 aromatic carbocycles. The predicted octanol–water partition coefficient (Wildman–Crippen LogP) is 2.13. The smallest absolute Gasteiger partial charge is 0.321 e. The zero-order valence-corrected chi connectivity index (χ0v) is 18.1. The molecule has 9 nitrogen and oxygen atoms in total. The van der Waals surface area contributed by atoms with E-state index in [4.69, 9.17) is 9.47 Å². The Labute approximate surface area is 187 Å². The average Bonchev–Trinajstić information content (AvgIpc) is 2.81. The molecular weight excluding hydrogens is 412 g/mol. The van der Waals surface area contributed by atoms with Gasteiger partial charge < -0.3 is 20.1 Å². The molecule has 32 heavy (non-hydrogen) atoms. The van der Waals surface area contributed by atoms with E-state index in [0.29, 0.717) is 50.0 Å². The Morgan fingerprint density at radius 2 is 1.72 bits per heavy atom.